The molecule has 2 aromatic carbocycles. The van der Waals surface area contributed by atoms with Crippen LogP contribution in [0.15, 0.2) is 60.7 Å². The van der Waals surface area contributed by atoms with E-state index in [1.807, 2.05) is 47.9 Å². The van der Waals surface area contributed by atoms with Crippen molar-refractivity contribution in [1.82, 2.24) is 14.4 Å². The molecule has 0 unspecified atom stereocenters. The molecular weight excluding hydrogens is 381 g/mol. The Labute approximate surface area is 175 Å². The second kappa shape index (κ2) is 8.14. The Morgan fingerprint density at radius 1 is 0.867 bits per heavy atom. The van der Waals surface area contributed by atoms with Crippen LogP contribution < -0.4 is 0 Å². The highest BCUT2D eigenvalue weighted by atomic mass is 19.1. The van der Waals surface area contributed by atoms with Gasteiger partial charge in [0.2, 0.25) is 5.91 Å². The number of benzene rings is 2. The summed E-state index contributed by atoms with van der Waals surface area (Å²) in [5.74, 6) is -0.416. The number of piperazine rings is 1. The highest BCUT2D eigenvalue weighted by Crippen LogP contribution is 2.31. The van der Waals surface area contributed by atoms with Crippen molar-refractivity contribution in [3.8, 4) is 16.9 Å². The molecule has 1 aliphatic rings. The number of aromatic nitrogens is 1. The Bertz CT molecular complexity index is 1080. The molecule has 5 nitrogen and oxygen atoms in total. The molecule has 2 heterocycles. The number of hydrogen-bond acceptors (Lipinski definition) is 2. The van der Waals surface area contributed by atoms with E-state index in [2.05, 4.69) is 0 Å². The molecule has 0 atom stereocenters. The number of para-hydroxylation sites is 1. The molecule has 2 amide bonds. The van der Waals surface area contributed by atoms with Gasteiger partial charge in [-0.2, -0.15) is 0 Å². The first-order chi connectivity index (χ1) is 14.5. The molecule has 1 aliphatic heterocycles. The van der Waals surface area contributed by atoms with Crippen molar-refractivity contribution < 1.29 is 14.0 Å². The first kappa shape index (κ1) is 19.9. The summed E-state index contributed by atoms with van der Waals surface area (Å²) in [7, 11) is 0. The van der Waals surface area contributed by atoms with Crippen molar-refractivity contribution in [1.29, 1.82) is 0 Å². The third-order valence-corrected chi connectivity index (χ3v) is 5.65. The Hall–Kier alpha value is -3.41. The predicted molar refractivity (Wildman–Crippen MR) is 114 cm³/mol. The fourth-order valence-corrected chi connectivity index (χ4v) is 3.98. The van der Waals surface area contributed by atoms with Crippen LogP contribution in [-0.2, 0) is 4.79 Å². The summed E-state index contributed by atoms with van der Waals surface area (Å²) < 4.78 is 16.5. The normalized spacial score (nSPS) is 14.1. The van der Waals surface area contributed by atoms with Crippen LogP contribution >= 0.6 is 0 Å². The summed E-state index contributed by atoms with van der Waals surface area (Å²) in [5.41, 5.74) is 3.33. The summed E-state index contributed by atoms with van der Waals surface area (Å²) in [5, 5.41) is 0. The van der Waals surface area contributed by atoms with Gasteiger partial charge in [0, 0.05) is 38.8 Å². The van der Waals surface area contributed by atoms with Crippen LogP contribution in [0.2, 0.25) is 0 Å². The summed E-state index contributed by atoms with van der Waals surface area (Å²) >= 11 is 0. The fraction of sp³-hybridized carbons (Fsp3) is 0.250. The lowest BCUT2D eigenvalue weighted by Crippen LogP contribution is -2.50. The van der Waals surface area contributed by atoms with Gasteiger partial charge in [-0.15, -0.1) is 0 Å². The third kappa shape index (κ3) is 3.61. The minimum atomic E-state index is -0.345. The Balaban J connectivity index is 1.76. The number of nitrogens with zero attached hydrogens (tertiary/aromatic N) is 3. The Morgan fingerprint density at radius 3 is 2.10 bits per heavy atom. The summed E-state index contributed by atoms with van der Waals surface area (Å²) in [4.78, 5) is 28.4. The van der Waals surface area contributed by atoms with Crippen LogP contribution in [0.25, 0.3) is 16.9 Å². The van der Waals surface area contributed by atoms with Crippen LogP contribution in [0.3, 0.4) is 0 Å². The van der Waals surface area contributed by atoms with Crippen LogP contribution in [-0.4, -0.2) is 52.4 Å². The molecule has 30 heavy (non-hydrogen) atoms. The first-order valence-electron chi connectivity index (χ1n) is 10.0. The highest BCUT2D eigenvalue weighted by Gasteiger charge is 2.27. The van der Waals surface area contributed by atoms with Gasteiger partial charge in [0.1, 0.15) is 5.82 Å². The SMILES string of the molecule is CC(=O)N1CCN(C(=O)c2cc(-c3ccccc3)n(-c3ccccc3F)c2C)CC1. The fourth-order valence-electron chi connectivity index (χ4n) is 3.98. The van der Waals surface area contributed by atoms with E-state index >= 15 is 0 Å². The van der Waals surface area contributed by atoms with Gasteiger partial charge in [-0.25, -0.2) is 4.39 Å². The maximum Gasteiger partial charge on any atom is 0.255 e. The number of hydrogen-bond donors (Lipinski definition) is 0. The smallest absolute Gasteiger partial charge is 0.255 e. The molecule has 0 radical (unpaired) electrons. The largest absolute Gasteiger partial charge is 0.339 e. The molecule has 0 aliphatic carbocycles. The van der Waals surface area contributed by atoms with E-state index in [9.17, 15) is 14.0 Å². The van der Waals surface area contributed by atoms with Gasteiger partial charge in [-0.3, -0.25) is 9.59 Å². The third-order valence-electron chi connectivity index (χ3n) is 5.65. The number of amides is 2. The quantitative estimate of drug-likeness (QED) is 0.664. The van der Waals surface area contributed by atoms with E-state index in [0.717, 1.165) is 11.3 Å². The maximum absolute atomic E-state index is 14.7. The van der Waals surface area contributed by atoms with E-state index in [4.69, 9.17) is 0 Å². The van der Waals surface area contributed by atoms with Crippen molar-refractivity contribution in [2.75, 3.05) is 26.2 Å². The van der Waals surface area contributed by atoms with Crippen LogP contribution in [0.1, 0.15) is 23.0 Å². The molecule has 0 bridgehead atoms. The molecule has 154 valence electrons. The van der Waals surface area contributed by atoms with E-state index in [1.165, 1.54) is 6.07 Å². The lowest BCUT2D eigenvalue weighted by atomic mass is 10.1. The molecule has 0 N–H and O–H groups in total. The van der Waals surface area contributed by atoms with Gasteiger partial charge < -0.3 is 14.4 Å². The Kier molecular flexibility index (Phi) is 5.40. The number of carbonyl (C=O) groups is 2. The van der Waals surface area contributed by atoms with Gasteiger partial charge in [0.05, 0.1) is 16.9 Å². The zero-order chi connectivity index (χ0) is 21.3. The van der Waals surface area contributed by atoms with Gasteiger partial charge in [0.25, 0.3) is 5.91 Å². The molecule has 1 aromatic heterocycles. The molecule has 1 fully saturated rings. The van der Waals surface area contributed by atoms with Crippen LogP contribution in [0, 0.1) is 12.7 Å². The second-order valence-corrected chi connectivity index (χ2v) is 7.48. The monoisotopic (exact) mass is 405 g/mol. The van der Waals surface area contributed by atoms with Crippen molar-refractivity contribution in [2.45, 2.75) is 13.8 Å². The van der Waals surface area contributed by atoms with Crippen molar-refractivity contribution >= 4 is 11.8 Å². The molecule has 1 saturated heterocycles. The maximum atomic E-state index is 14.7. The lowest BCUT2D eigenvalue weighted by molar-refractivity contribution is -0.130. The predicted octanol–water partition coefficient (Wildman–Crippen LogP) is 3.90. The summed E-state index contributed by atoms with van der Waals surface area (Å²) in [6.45, 7) is 5.42. The average Bonchev–Trinajstić information content (AvgIpc) is 3.11. The molecule has 0 saturated carbocycles. The van der Waals surface area contributed by atoms with Crippen LogP contribution in [0.5, 0.6) is 0 Å². The van der Waals surface area contributed by atoms with E-state index < -0.39 is 0 Å². The second-order valence-electron chi connectivity index (χ2n) is 7.48. The van der Waals surface area contributed by atoms with Crippen molar-refractivity contribution in [2.24, 2.45) is 0 Å². The molecule has 6 heteroatoms. The van der Waals surface area contributed by atoms with E-state index in [0.29, 0.717) is 43.1 Å². The van der Waals surface area contributed by atoms with E-state index in [1.54, 1.807) is 34.9 Å². The lowest BCUT2D eigenvalue weighted by Gasteiger charge is -2.34. The summed E-state index contributed by atoms with van der Waals surface area (Å²) in [6, 6.07) is 18.1. The van der Waals surface area contributed by atoms with Crippen LogP contribution in [0.4, 0.5) is 4.39 Å². The molecular formula is C24H24FN3O2. The minimum Gasteiger partial charge on any atom is -0.339 e. The molecule has 0 spiro atoms. The average molecular weight is 405 g/mol. The van der Waals surface area contributed by atoms with E-state index in [-0.39, 0.29) is 17.6 Å². The summed E-state index contributed by atoms with van der Waals surface area (Å²) in [6.07, 6.45) is 0. The molecule has 3 aromatic rings. The van der Waals surface area contributed by atoms with Gasteiger partial charge in [-0.1, -0.05) is 42.5 Å². The van der Waals surface area contributed by atoms with Gasteiger partial charge in [-0.05, 0) is 30.7 Å². The standard InChI is InChI=1S/C24H24FN3O2/c1-17-20(24(30)27-14-12-26(13-15-27)18(2)29)16-23(19-8-4-3-5-9-19)28(17)22-11-7-6-10-21(22)25/h3-11,16H,12-15H2,1-2H3. The zero-order valence-corrected chi connectivity index (χ0v) is 17.1. The number of halogens is 1. The van der Waals surface area contributed by atoms with Crippen molar-refractivity contribution in [3.63, 3.8) is 0 Å². The Morgan fingerprint density at radius 2 is 1.47 bits per heavy atom. The van der Waals surface area contributed by atoms with Gasteiger partial charge >= 0.3 is 0 Å². The minimum absolute atomic E-state index is 0.0235. The van der Waals surface area contributed by atoms with Crippen molar-refractivity contribution in [3.05, 3.63) is 77.7 Å². The number of carbonyl (C=O) groups excluding carboxylic acids is 2. The van der Waals surface area contributed by atoms with Gasteiger partial charge in [0.15, 0.2) is 0 Å². The first-order valence-corrected chi connectivity index (χ1v) is 10.0. The highest BCUT2D eigenvalue weighted by molar-refractivity contribution is 5.97. The molecule has 4 rings (SSSR count). The number of rotatable bonds is 3. The zero-order valence-electron chi connectivity index (χ0n) is 17.1. The topological polar surface area (TPSA) is 45.6 Å².